The van der Waals surface area contributed by atoms with Crippen LogP contribution in [0.25, 0.3) is 11.1 Å². The van der Waals surface area contributed by atoms with E-state index in [0.29, 0.717) is 25.1 Å². The van der Waals surface area contributed by atoms with Crippen molar-refractivity contribution in [2.75, 3.05) is 25.5 Å². The van der Waals surface area contributed by atoms with E-state index in [0.717, 1.165) is 54.4 Å². The number of amides is 2. The van der Waals surface area contributed by atoms with Crippen LogP contribution >= 0.6 is 0 Å². The molecule has 4 rings (SSSR count). The highest BCUT2D eigenvalue weighted by atomic mass is 32.2. The first-order chi connectivity index (χ1) is 24.7. The van der Waals surface area contributed by atoms with Crippen molar-refractivity contribution in [3.8, 4) is 16.9 Å². The summed E-state index contributed by atoms with van der Waals surface area (Å²) in [6, 6.07) is 16.9. The number of alkyl carbamates (subject to hydrolysis) is 1. The number of hydrogen-bond acceptors (Lipinski definition) is 9. The van der Waals surface area contributed by atoms with Crippen molar-refractivity contribution in [3.63, 3.8) is 0 Å². The molecule has 0 bridgehead atoms. The van der Waals surface area contributed by atoms with Gasteiger partial charge in [-0.05, 0) is 98.0 Å². The first-order valence-corrected chi connectivity index (χ1v) is 22.8. The van der Waals surface area contributed by atoms with Crippen molar-refractivity contribution in [2.45, 2.75) is 102 Å². The number of aromatic nitrogens is 1. The lowest BCUT2D eigenvalue weighted by Crippen LogP contribution is -2.43. The number of nitrogens with one attached hydrogen (secondary N) is 2. The Labute approximate surface area is 310 Å². The summed E-state index contributed by atoms with van der Waals surface area (Å²) in [7, 11) is -6.02. The fraction of sp³-hybridized carbons (Fsp3) is 0.513. The lowest BCUT2D eigenvalue weighted by molar-refractivity contribution is 0.0739. The average molecular weight is 754 g/mol. The maximum absolute atomic E-state index is 13.2. The summed E-state index contributed by atoms with van der Waals surface area (Å²) in [6.45, 7) is 11.2. The van der Waals surface area contributed by atoms with Crippen LogP contribution in [0.4, 0.5) is 4.79 Å². The molecule has 52 heavy (non-hydrogen) atoms. The molecule has 3 aromatic rings. The van der Waals surface area contributed by atoms with Gasteiger partial charge in [0, 0.05) is 31.1 Å². The SMILES string of the molecule is CC(C)(C)[Si](C)(C)O[C@@H](COC(=O)NCCc1ccc(-c2ccc(C(=O)NS(=O)(=O)CCCCO)c(OC3CCCCC3)c2)cc1)c1cccnc1. The monoisotopic (exact) mass is 753 g/mol. The minimum Gasteiger partial charge on any atom is -0.490 e. The summed E-state index contributed by atoms with van der Waals surface area (Å²) in [5.41, 5.74) is 3.76. The van der Waals surface area contributed by atoms with Crippen LogP contribution in [0, 0.1) is 0 Å². The van der Waals surface area contributed by atoms with Crippen LogP contribution in [0.2, 0.25) is 18.1 Å². The molecule has 0 saturated heterocycles. The molecule has 3 N–H and O–H groups in total. The normalized spacial score (nSPS) is 14.7. The van der Waals surface area contributed by atoms with Gasteiger partial charge in [0.1, 0.15) is 18.5 Å². The molecule has 13 heteroatoms. The number of sulfonamides is 1. The molecule has 11 nitrogen and oxygen atoms in total. The van der Waals surface area contributed by atoms with Gasteiger partial charge in [0.15, 0.2) is 8.32 Å². The molecular formula is C39H55N3O8SSi. The van der Waals surface area contributed by atoms with E-state index in [4.69, 9.17) is 19.0 Å². The number of hydrogen-bond donors (Lipinski definition) is 3. The highest BCUT2D eigenvalue weighted by Gasteiger charge is 2.40. The number of pyridine rings is 1. The first-order valence-electron chi connectivity index (χ1n) is 18.2. The molecule has 0 aliphatic heterocycles. The van der Waals surface area contributed by atoms with Gasteiger partial charge >= 0.3 is 6.09 Å². The van der Waals surface area contributed by atoms with Gasteiger partial charge in [-0.25, -0.2) is 17.9 Å². The number of carbonyl (C=O) groups excluding carboxylic acids is 2. The van der Waals surface area contributed by atoms with Gasteiger partial charge in [-0.2, -0.15) is 0 Å². The van der Waals surface area contributed by atoms with E-state index < -0.39 is 36.4 Å². The molecule has 1 atom stereocenters. The molecule has 1 aliphatic rings. The Morgan fingerprint density at radius 3 is 2.37 bits per heavy atom. The zero-order valence-electron chi connectivity index (χ0n) is 31.2. The van der Waals surface area contributed by atoms with Crippen LogP contribution in [0.5, 0.6) is 5.75 Å². The number of benzene rings is 2. The van der Waals surface area contributed by atoms with Crippen molar-refractivity contribution in [1.82, 2.24) is 15.0 Å². The molecule has 0 radical (unpaired) electrons. The fourth-order valence-electron chi connectivity index (χ4n) is 5.67. The first kappa shape index (κ1) is 41.0. The zero-order chi connectivity index (χ0) is 37.8. The summed E-state index contributed by atoms with van der Waals surface area (Å²) in [5, 5.41) is 11.8. The van der Waals surface area contributed by atoms with Crippen LogP contribution in [-0.4, -0.2) is 70.4 Å². The predicted molar refractivity (Wildman–Crippen MR) is 205 cm³/mol. The van der Waals surface area contributed by atoms with Crippen molar-refractivity contribution in [2.24, 2.45) is 0 Å². The molecule has 1 heterocycles. The average Bonchev–Trinajstić information content (AvgIpc) is 3.10. The van der Waals surface area contributed by atoms with Crippen LogP contribution in [0.15, 0.2) is 67.0 Å². The summed E-state index contributed by atoms with van der Waals surface area (Å²) >= 11 is 0. The topological polar surface area (TPSA) is 153 Å². The summed E-state index contributed by atoms with van der Waals surface area (Å²) in [4.78, 5) is 30.1. The molecule has 1 fully saturated rings. The molecule has 1 aliphatic carbocycles. The predicted octanol–water partition coefficient (Wildman–Crippen LogP) is 7.32. The third-order valence-corrected chi connectivity index (χ3v) is 15.6. The van der Waals surface area contributed by atoms with E-state index in [2.05, 4.69) is 48.9 Å². The zero-order valence-corrected chi connectivity index (χ0v) is 33.0. The van der Waals surface area contributed by atoms with E-state index >= 15 is 0 Å². The van der Waals surface area contributed by atoms with Crippen molar-refractivity contribution in [1.29, 1.82) is 0 Å². The van der Waals surface area contributed by atoms with E-state index in [1.165, 1.54) is 0 Å². The molecule has 1 aromatic heterocycles. The Hall–Kier alpha value is -3.78. The second kappa shape index (κ2) is 18.8. The van der Waals surface area contributed by atoms with E-state index in [9.17, 15) is 18.0 Å². The van der Waals surface area contributed by atoms with Gasteiger partial charge in [0.25, 0.3) is 5.91 Å². The van der Waals surface area contributed by atoms with Crippen LogP contribution in [-0.2, 0) is 25.6 Å². The van der Waals surface area contributed by atoms with Gasteiger partial charge in [-0.1, -0.05) is 63.6 Å². The van der Waals surface area contributed by atoms with Crippen LogP contribution in [0.1, 0.15) is 93.3 Å². The summed E-state index contributed by atoms with van der Waals surface area (Å²) in [6.07, 6.45) is 8.60. The maximum atomic E-state index is 13.2. The van der Waals surface area contributed by atoms with Gasteiger partial charge in [0.05, 0.1) is 17.4 Å². The van der Waals surface area contributed by atoms with Crippen molar-refractivity contribution < 1.29 is 37.0 Å². The third kappa shape index (κ3) is 12.4. The van der Waals surface area contributed by atoms with Crippen LogP contribution in [0.3, 0.4) is 0 Å². The van der Waals surface area contributed by atoms with Gasteiger partial charge in [-0.3, -0.25) is 9.78 Å². The second-order valence-electron chi connectivity index (χ2n) is 14.9. The molecule has 284 valence electrons. The van der Waals surface area contributed by atoms with E-state index in [-0.39, 0.29) is 42.1 Å². The molecule has 1 saturated carbocycles. The Kier molecular flexibility index (Phi) is 14.8. The van der Waals surface area contributed by atoms with Crippen molar-refractivity contribution in [3.05, 3.63) is 83.7 Å². The molecule has 2 amide bonds. The number of carbonyl (C=O) groups is 2. The Morgan fingerprint density at radius 1 is 1.00 bits per heavy atom. The highest BCUT2D eigenvalue weighted by molar-refractivity contribution is 7.90. The number of nitrogens with zero attached hydrogens (tertiary/aromatic N) is 1. The number of rotatable bonds is 17. The third-order valence-electron chi connectivity index (χ3n) is 9.78. The fourth-order valence-corrected chi connectivity index (χ4v) is 8.02. The van der Waals surface area contributed by atoms with Gasteiger partial charge in [-0.15, -0.1) is 0 Å². The molecule has 0 spiro atoms. The Bertz CT molecular complexity index is 1710. The molecule has 0 unspecified atom stereocenters. The highest BCUT2D eigenvalue weighted by Crippen LogP contribution is 2.40. The van der Waals surface area contributed by atoms with Gasteiger partial charge < -0.3 is 24.3 Å². The maximum Gasteiger partial charge on any atom is 0.407 e. The lowest BCUT2D eigenvalue weighted by atomic mass is 9.97. The quantitative estimate of drug-likeness (QED) is 0.0951. The minimum atomic E-state index is -3.87. The van der Waals surface area contributed by atoms with E-state index in [1.54, 1.807) is 30.6 Å². The van der Waals surface area contributed by atoms with Crippen molar-refractivity contribution >= 4 is 30.3 Å². The molecular weight excluding hydrogens is 699 g/mol. The minimum absolute atomic E-state index is 0.0110. The number of aliphatic hydroxyl groups is 1. The lowest BCUT2D eigenvalue weighted by Gasteiger charge is -2.39. The second-order valence-corrected chi connectivity index (χ2v) is 21.5. The standard InChI is InChI=1S/C39H55N3O8SSi/c1-39(2,3)52(4,5)50-36(32-12-11-22-40-27-32)28-48-38(45)41-23-21-29-15-17-30(18-16-29)31-19-20-34(35(26-31)49-33-13-7-6-8-14-33)37(44)42-51(46,47)25-10-9-24-43/h11-12,15-20,22,26-27,33,36,43H,6-10,13-14,21,23-25,28H2,1-5H3,(H,41,45)(H,42,44)/t36-/m0/s1. The smallest absolute Gasteiger partial charge is 0.407 e. The summed E-state index contributed by atoms with van der Waals surface area (Å²) in [5.74, 6) is -0.642. The number of unbranched alkanes of at least 4 members (excludes halogenated alkanes) is 1. The Morgan fingerprint density at radius 2 is 1.71 bits per heavy atom. The summed E-state index contributed by atoms with van der Waals surface area (Å²) < 4.78 is 45.7. The number of ether oxygens (including phenoxy) is 2. The largest absolute Gasteiger partial charge is 0.490 e. The van der Waals surface area contributed by atoms with Crippen LogP contribution < -0.4 is 14.8 Å². The number of aliphatic hydroxyl groups excluding tert-OH is 1. The van der Waals surface area contributed by atoms with Gasteiger partial charge in [0.2, 0.25) is 10.0 Å². The van der Waals surface area contributed by atoms with E-state index in [1.807, 2.05) is 36.4 Å². The molecule has 2 aromatic carbocycles. The Balaban J connectivity index is 1.37.